The monoisotopic (exact) mass is 401 g/mol. The molecule has 5 nitrogen and oxygen atoms in total. The van der Waals surface area contributed by atoms with Crippen LogP contribution < -0.4 is 0 Å². The number of amides is 1. The molecule has 1 fully saturated rings. The molecule has 3 aliphatic rings. The van der Waals surface area contributed by atoms with Gasteiger partial charge in [0, 0.05) is 24.3 Å². The number of hydrogen-bond acceptors (Lipinski definition) is 4. The van der Waals surface area contributed by atoms with Gasteiger partial charge < -0.3 is 4.74 Å². The van der Waals surface area contributed by atoms with E-state index in [1.54, 1.807) is 0 Å². The second-order valence-corrected chi connectivity index (χ2v) is 9.45. The molecular formula is C25H27N3O2. The van der Waals surface area contributed by atoms with Gasteiger partial charge in [0.1, 0.15) is 5.60 Å². The molecule has 0 N–H and O–H groups in total. The van der Waals surface area contributed by atoms with Gasteiger partial charge in [0.15, 0.2) is 5.41 Å². The highest BCUT2D eigenvalue weighted by molar-refractivity contribution is 5.71. The van der Waals surface area contributed by atoms with E-state index in [4.69, 9.17) is 4.74 Å². The zero-order chi connectivity index (χ0) is 21.5. The van der Waals surface area contributed by atoms with Crippen molar-refractivity contribution in [3.05, 3.63) is 59.7 Å². The first kappa shape index (κ1) is 20.2. The number of nitriles is 2. The summed E-state index contributed by atoms with van der Waals surface area (Å²) in [6.07, 6.45) is 7.82. The molecule has 2 heterocycles. The second kappa shape index (κ2) is 7.33. The Morgan fingerprint density at radius 1 is 1.17 bits per heavy atom. The molecular weight excluding hydrogens is 374 g/mol. The van der Waals surface area contributed by atoms with Gasteiger partial charge >= 0.3 is 6.09 Å². The van der Waals surface area contributed by atoms with Gasteiger partial charge in [-0.15, -0.1) is 0 Å². The topological polar surface area (TPSA) is 77.1 Å². The van der Waals surface area contributed by atoms with Crippen molar-refractivity contribution in [2.45, 2.75) is 63.6 Å². The highest BCUT2D eigenvalue weighted by atomic mass is 16.6. The van der Waals surface area contributed by atoms with Crippen molar-refractivity contribution < 1.29 is 9.53 Å². The molecule has 0 spiro atoms. The summed E-state index contributed by atoms with van der Waals surface area (Å²) in [4.78, 5) is 15.0. The Kier molecular flexibility index (Phi) is 4.94. The van der Waals surface area contributed by atoms with Crippen molar-refractivity contribution in [1.29, 1.82) is 10.5 Å². The van der Waals surface area contributed by atoms with Crippen molar-refractivity contribution >= 4 is 6.09 Å². The average Bonchev–Trinajstić information content (AvgIpc) is 2.93. The molecule has 2 aliphatic heterocycles. The molecule has 4 rings (SSSR count). The van der Waals surface area contributed by atoms with Gasteiger partial charge in [-0.25, -0.2) is 4.79 Å². The van der Waals surface area contributed by atoms with Crippen molar-refractivity contribution in [3.63, 3.8) is 0 Å². The highest BCUT2D eigenvalue weighted by Gasteiger charge is 2.54. The van der Waals surface area contributed by atoms with Crippen molar-refractivity contribution in [1.82, 2.24) is 4.90 Å². The smallest absolute Gasteiger partial charge is 0.411 e. The van der Waals surface area contributed by atoms with Gasteiger partial charge in [-0.05, 0) is 44.7 Å². The van der Waals surface area contributed by atoms with E-state index >= 15 is 0 Å². The van der Waals surface area contributed by atoms with Crippen LogP contribution in [0.1, 0.15) is 51.5 Å². The van der Waals surface area contributed by atoms with Crippen LogP contribution in [0.5, 0.6) is 0 Å². The van der Waals surface area contributed by atoms with Crippen molar-refractivity contribution in [2.75, 3.05) is 0 Å². The van der Waals surface area contributed by atoms with E-state index in [0.717, 1.165) is 24.0 Å². The maximum Gasteiger partial charge on any atom is 0.411 e. The minimum Gasteiger partial charge on any atom is -0.444 e. The van der Waals surface area contributed by atoms with Crippen LogP contribution in [0, 0.1) is 34.0 Å². The summed E-state index contributed by atoms with van der Waals surface area (Å²) < 4.78 is 5.72. The van der Waals surface area contributed by atoms with Gasteiger partial charge in [0.25, 0.3) is 0 Å². The lowest BCUT2D eigenvalue weighted by Gasteiger charge is -2.44. The Hall–Kier alpha value is -3.05. The largest absolute Gasteiger partial charge is 0.444 e. The number of ether oxygens (including phenoxy) is 1. The van der Waals surface area contributed by atoms with Crippen molar-refractivity contribution in [2.24, 2.45) is 11.3 Å². The van der Waals surface area contributed by atoms with Crippen molar-refractivity contribution in [3.8, 4) is 12.1 Å². The predicted octanol–water partition coefficient (Wildman–Crippen LogP) is 5.09. The summed E-state index contributed by atoms with van der Waals surface area (Å²) in [6.45, 7) is 5.61. The van der Waals surface area contributed by atoms with Crippen LogP contribution in [0.2, 0.25) is 0 Å². The van der Waals surface area contributed by atoms with Gasteiger partial charge in [-0.1, -0.05) is 48.6 Å². The van der Waals surface area contributed by atoms with Gasteiger partial charge in [0.2, 0.25) is 0 Å². The fraction of sp³-hybridized carbons (Fsp3) is 0.480. The molecule has 0 radical (unpaired) electrons. The van der Waals surface area contributed by atoms with E-state index in [2.05, 4.69) is 30.3 Å². The van der Waals surface area contributed by atoms with Crippen LogP contribution in [-0.4, -0.2) is 28.7 Å². The summed E-state index contributed by atoms with van der Waals surface area (Å²) in [7, 11) is 0. The zero-order valence-corrected chi connectivity index (χ0v) is 17.7. The Morgan fingerprint density at radius 2 is 1.87 bits per heavy atom. The lowest BCUT2D eigenvalue weighted by atomic mass is 9.67. The van der Waals surface area contributed by atoms with Crippen LogP contribution in [-0.2, 0) is 4.74 Å². The Bertz CT molecular complexity index is 960. The SMILES string of the molecule is CC(C)(C)OC(=O)N1[C@H]2C=C3C(C(c4ccccc4)C=CCC3(C#N)C#N)[C@@H]1CC2. The lowest BCUT2D eigenvalue weighted by molar-refractivity contribution is 0.0106. The molecule has 30 heavy (non-hydrogen) atoms. The first-order valence-corrected chi connectivity index (χ1v) is 10.6. The standard InChI is InChI=1S/C25H27N3O2/c1-24(2,3)30-23(29)28-18-11-12-21(28)22-19(17-8-5-4-6-9-17)10-7-13-25(15-26,16-27)20(22)14-18/h4-10,14,18-19,21-22H,11-13H2,1-3H3/t18-,19?,21+,22?/m1/s1. The molecule has 154 valence electrons. The van der Waals surface area contributed by atoms with Crippen LogP contribution in [0.25, 0.3) is 0 Å². The fourth-order valence-electron chi connectivity index (χ4n) is 5.22. The van der Waals surface area contributed by atoms with Crippen LogP contribution in [0.3, 0.4) is 0 Å². The normalized spacial score (nSPS) is 29.1. The fourth-order valence-corrected chi connectivity index (χ4v) is 5.22. The second-order valence-electron chi connectivity index (χ2n) is 9.45. The number of rotatable bonds is 1. The molecule has 0 aromatic heterocycles. The third kappa shape index (κ3) is 3.29. The average molecular weight is 402 g/mol. The molecule has 1 aromatic rings. The van der Waals surface area contributed by atoms with E-state index < -0.39 is 11.0 Å². The summed E-state index contributed by atoms with van der Waals surface area (Å²) in [5.74, 6) is -0.133. The molecule has 2 bridgehead atoms. The minimum atomic E-state index is -1.19. The summed E-state index contributed by atoms with van der Waals surface area (Å²) in [6, 6.07) is 14.6. The molecule has 1 saturated heterocycles. The lowest BCUT2D eigenvalue weighted by Crippen LogP contribution is -2.52. The molecule has 2 unspecified atom stereocenters. The summed E-state index contributed by atoms with van der Waals surface area (Å²) in [5, 5.41) is 20.1. The first-order chi connectivity index (χ1) is 14.3. The number of carbonyl (C=O) groups excluding carboxylic acids is 1. The van der Waals surface area contributed by atoms with E-state index in [9.17, 15) is 15.3 Å². The molecule has 0 saturated carbocycles. The van der Waals surface area contributed by atoms with Gasteiger partial charge in [0.05, 0.1) is 18.2 Å². The van der Waals surface area contributed by atoms with Crippen LogP contribution in [0.4, 0.5) is 4.79 Å². The highest BCUT2D eigenvalue weighted by Crippen LogP contribution is 2.53. The van der Waals surface area contributed by atoms with E-state index in [1.165, 1.54) is 0 Å². The Balaban J connectivity index is 1.83. The summed E-state index contributed by atoms with van der Waals surface area (Å²) in [5.41, 5.74) is 0.238. The van der Waals surface area contributed by atoms with E-state index in [-0.39, 0.29) is 30.0 Å². The number of allylic oxidation sites excluding steroid dienone is 2. The maximum atomic E-state index is 13.1. The van der Waals surface area contributed by atoms with Crippen LogP contribution in [0.15, 0.2) is 54.1 Å². The molecule has 1 amide bonds. The molecule has 5 heteroatoms. The third-order valence-corrected chi connectivity index (χ3v) is 6.44. The minimum absolute atomic E-state index is 0.00462. The van der Waals surface area contributed by atoms with E-state index in [0.29, 0.717) is 6.42 Å². The van der Waals surface area contributed by atoms with Gasteiger partial charge in [-0.3, -0.25) is 4.90 Å². The quantitative estimate of drug-likeness (QED) is 0.614. The van der Waals surface area contributed by atoms with Crippen LogP contribution >= 0.6 is 0 Å². The first-order valence-electron chi connectivity index (χ1n) is 10.6. The maximum absolute atomic E-state index is 13.1. The molecule has 1 aliphatic carbocycles. The number of hydrogen-bond donors (Lipinski definition) is 0. The molecule has 1 aromatic carbocycles. The number of nitrogens with zero attached hydrogens (tertiary/aromatic N) is 3. The Labute approximate surface area is 178 Å². The number of carbonyl (C=O) groups is 1. The Morgan fingerprint density at radius 3 is 2.50 bits per heavy atom. The number of benzene rings is 1. The third-order valence-electron chi connectivity index (χ3n) is 6.44. The zero-order valence-electron chi connectivity index (χ0n) is 17.7. The molecule has 4 atom stereocenters. The van der Waals surface area contributed by atoms with Gasteiger partial charge in [-0.2, -0.15) is 10.5 Å². The predicted molar refractivity (Wildman–Crippen MR) is 113 cm³/mol. The van der Waals surface area contributed by atoms with E-state index in [1.807, 2.05) is 56.0 Å². The summed E-state index contributed by atoms with van der Waals surface area (Å²) >= 11 is 0. The number of fused-ring (bicyclic) bond motifs is 4.